The van der Waals surface area contributed by atoms with Gasteiger partial charge >= 0.3 is 0 Å². The monoisotopic (exact) mass is 250 g/mol. The van der Waals surface area contributed by atoms with Crippen LogP contribution in [0, 0.1) is 0 Å². The van der Waals surface area contributed by atoms with Crippen molar-refractivity contribution in [1.29, 1.82) is 0 Å². The minimum atomic E-state index is 0.705. The smallest absolute Gasteiger partial charge is 0.00962 e. The number of nitrogens with zero attached hydrogens (tertiary/aromatic N) is 1. The van der Waals surface area contributed by atoms with Gasteiger partial charge in [0.2, 0.25) is 0 Å². The van der Waals surface area contributed by atoms with E-state index in [2.05, 4.69) is 41.6 Å². The van der Waals surface area contributed by atoms with Crippen molar-refractivity contribution in [3.63, 3.8) is 0 Å². The highest BCUT2D eigenvalue weighted by Crippen LogP contribution is 2.37. The SMILES string of the molecule is CC1CN(C)CCc2sc(C3CCNC3)cc21. The Bertz CT molecular complexity index is 393. The summed E-state index contributed by atoms with van der Waals surface area (Å²) in [6, 6.07) is 2.52. The second kappa shape index (κ2) is 4.71. The molecule has 3 heteroatoms. The van der Waals surface area contributed by atoms with E-state index in [0.717, 1.165) is 5.92 Å². The largest absolute Gasteiger partial charge is 0.316 e. The van der Waals surface area contributed by atoms with Crippen molar-refractivity contribution >= 4 is 11.3 Å². The van der Waals surface area contributed by atoms with Gasteiger partial charge in [-0.15, -0.1) is 11.3 Å². The quantitative estimate of drug-likeness (QED) is 0.823. The normalized spacial score (nSPS) is 30.2. The number of likely N-dealkylation sites (N-methyl/N-ethyl adjacent to an activating group) is 1. The predicted octanol–water partition coefficient (Wildman–Crippen LogP) is 2.42. The van der Waals surface area contributed by atoms with Gasteiger partial charge in [-0.3, -0.25) is 0 Å². The third kappa shape index (κ3) is 2.28. The first-order valence-electron chi connectivity index (χ1n) is 6.76. The van der Waals surface area contributed by atoms with E-state index in [0.29, 0.717) is 5.92 Å². The summed E-state index contributed by atoms with van der Waals surface area (Å²) >= 11 is 2.09. The topological polar surface area (TPSA) is 15.3 Å². The molecule has 1 aromatic heterocycles. The third-order valence-corrected chi connectivity index (χ3v) is 5.53. The maximum atomic E-state index is 3.48. The van der Waals surface area contributed by atoms with Crippen LogP contribution in [0.2, 0.25) is 0 Å². The van der Waals surface area contributed by atoms with Gasteiger partial charge in [-0.25, -0.2) is 0 Å². The molecule has 2 unspecified atom stereocenters. The highest BCUT2D eigenvalue weighted by molar-refractivity contribution is 7.12. The Hall–Kier alpha value is -0.380. The lowest BCUT2D eigenvalue weighted by Gasteiger charge is -2.16. The summed E-state index contributed by atoms with van der Waals surface area (Å²) in [5, 5.41) is 3.48. The fourth-order valence-corrected chi connectivity index (χ4v) is 4.53. The van der Waals surface area contributed by atoms with Crippen LogP contribution in [0.5, 0.6) is 0 Å². The highest BCUT2D eigenvalue weighted by atomic mass is 32.1. The Morgan fingerprint density at radius 2 is 2.35 bits per heavy atom. The van der Waals surface area contributed by atoms with Crippen molar-refractivity contribution in [3.05, 3.63) is 21.4 Å². The van der Waals surface area contributed by atoms with E-state index in [4.69, 9.17) is 0 Å². The maximum absolute atomic E-state index is 3.48. The number of hydrogen-bond donors (Lipinski definition) is 1. The molecule has 2 aliphatic rings. The molecule has 1 fully saturated rings. The van der Waals surface area contributed by atoms with Crippen molar-refractivity contribution in [3.8, 4) is 0 Å². The third-order valence-electron chi connectivity index (χ3n) is 4.16. The van der Waals surface area contributed by atoms with Crippen LogP contribution in [0.3, 0.4) is 0 Å². The molecule has 0 aliphatic carbocycles. The molecule has 2 atom stereocenters. The lowest BCUT2D eigenvalue weighted by Crippen LogP contribution is -2.22. The number of hydrogen-bond acceptors (Lipinski definition) is 3. The molecule has 1 aromatic rings. The minimum Gasteiger partial charge on any atom is -0.316 e. The van der Waals surface area contributed by atoms with Crippen LogP contribution in [-0.4, -0.2) is 38.1 Å². The van der Waals surface area contributed by atoms with E-state index in [1.807, 2.05) is 0 Å². The Morgan fingerprint density at radius 3 is 3.12 bits per heavy atom. The molecule has 3 heterocycles. The predicted molar refractivity (Wildman–Crippen MR) is 74.2 cm³/mol. The average molecular weight is 250 g/mol. The lowest BCUT2D eigenvalue weighted by molar-refractivity contribution is 0.332. The minimum absolute atomic E-state index is 0.705. The van der Waals surface area contributed by atoms with Crippen LogP contribution in [0.1, 0.15) is 40.5 Å². The molecule has 17 heavy (non-hydrogen) atoms. The van der Waals surface area contributed by atoms with Crippen LogP contribution in [-0.2, 0) is 6.42 Å². The maximum Gasteiger partial charge on any atom is 0.00962 e. The van der Waals surface area contributed by atoms with Crippen molar-refractivity contribution in [2.45, 2.75) is 31.6 Å². The molecular formula is C14H22N2S. The number of nitrogens with one attached hydrogen (secondary N) is 1. The summed E-state index contributed by atoms with van der Waals surface area (Å²) < 4.78 is 0. The summed E-state index contributed by atoms with van der Waals surface area (Å²) in [7, 11) is 2.24. The second-order valence-electron chi connectivity index (χ2n) is 5.63. The molecule has 0 radical (unpaired) electrons. The molecule has 0 spiro atoms. The fourth-order valence-electron chi connectivity index (χ4n) is 3.13. The zero-order valence-corrected chi connectivity index (χ0v) is 11.6. The molecule has 2 aliphatic heterocycles. The number of fused-ring (bicyclic) bond motifs is 1. The van der Waals surface area contributed by atoms with Gasteiger partial charge in [-0.2, -0.15) is 0 Å². The van der Waals surface area contributed by atoms with Crippen LogP contribution >= 0.6 is 11.3 Å². The van der Waals surface area contributed by atoms with E-state index >= 15 is 0 Å². The summed E-state index contributed by atoms with van der Waals surface area (Å²) in [4.78, 5) is 5.76. The van der Waals surface area contributed by atoms with E-state index in [1.54, 1.807) is 15.3 Å². The molecule has 0 bridgehead atoms. The highest BCUT2D eigenvalue weighted by Gasteiger charge is 2.24. The summed E-state index contributed by atoms with van der Waals surface area (Å²) in [6.45, 7) is 7.20. The van der Waals surface area contributed by atoms with Gasteiger partial charge in [0.25, 0.3) is 0 Å². The Morgan fingerprint density at radius 1 is 1.47 bits per heavy atom. The average Bonchev–Trinajstić information content (AvgIpc) is 2.93. The van der Waals surface area contributed by atoms with Gasteiger partial charge in [0, 0.05) is 35.3 Å². The number of rotatable bonds is 1. The molecule has 3 rings (SSSR count). The van der Waals surface area contributed by atoms with Gasteiger partial charge in [-0.1, -0.05) is 6.92 Å². The fraction of sp³-hybridized carbons (Fsp3) is 0.714. The van der Waals surface area contributed by atoms with E-state index in [1.165, 1.54) is 39.0 Å². The molecule has 0 amide bonds. The molecule has 1 saturated heterocycles. The first-order chi connectivity index (χ1) is 8.24. The first-order valence-corrected chi connectivity index (χ1v) is 7.57. The van der Waals surface area contributed by atoms with E-state index < -0.39 is 0 Å². The van der Waals surface area contributed by atoms with Gasteiger partial charge < -0.3 is 10.2 Å². The zero-order valence-electron chi connectivity index (χ0n) is 10.8. The van der Waals surface area contributed by atoms with Gasteiger partial charge in [0.05, 0.1) is 0 Å². The molecule has 0 aromatic carbocycles. The zero-order chi connectivity index (χ0) is 11.8. The van der Waals surface area contributed by atoms with Crippen molar-refractivity contribution in [2.24, 2.45) is 0 Å². The van der Waals surface area contributed by atoms with Gasteiger partial charge in [0.15, 0.2) is 0 Å². The lowest BCUT2D eigenvalue weighted by atomic mass is 9.99. The van der Waals surface area contributed by atoms with Crippen LogP contribution < -0.4 is 5.32 Å². The van der Waals surface area contributed by atoms with Gasteiger partial charge in [-0.05, 0) is 44.0 Å². The molecule has 0 saturated carbocycles. The molecule has 94 valence electrons. The van der Waals surface area contributed by atoms with Crippen LogP contribution in [0.25, 0.3) is 0 Å². The first kappa shape index (κ1) is 11.7. The van der Waals surface area contributed by atoms with Crippen molar-refractivity contribution in [2.75, 3.05) is 33.2 Å². The standard InChI is InChI=1S/C14H22N2S/c1-10-9-16(2)6-4-13-12(10)7-14(17-13)11-3-5-15-8-11/h7,10-11,15H,3-6,8-9H2,1-2H3. The summed E-state index contributed by atoms with van der Waals surface area (Å²) in [6.07, 6.45) is 2.58. The Balaban J connectivity index is 1.87. The second-order valence-corrected chi connectivity index (χ2v) is 6.80. The van der Waals surface area contributed by atoms with E-state index in [-0.39, 0.29) is 0 Å². The van der Waals surface area contributed by atoms with Crippen LogP contribution in [0.4, 0.5) is 0 Å². The summed E-state index contributed by atoms with van der Waals surface area (Å²) in [5.41, 5.74) is 1.64. The molecular weight excluding hydrogens is 228 g/mol. The summed E-state index contributed by atoms with van der Waals surface area (Å²) in [5.74, 6) is 1.49. The molecule has 2 nitrogen and oxygen atoms in total. The van der Waals surface area contributed by atoms with Gasteiger partial charge in [0.1, 0.15) is 0 Å². The van der Waals surface area contributed by atoms with E-state index in [9.17, 15) is 0 Å². The Labute approximate surface area is 108 Å². The van der Waals surface area contributed by atoms with Crippen LogP contribution in [0.15, 0.2) is 6.07 Å². The van der Waals surface area contributed by atoms with Crippen molar-refractivity contribution < 1.29 is 0 Å². The van der Waals surface area contributed by atoms with Crippen molar-refractivity contribution in [1.82, 2.24) is 10.2 Å². The Kier molecular flexibility index (Phi) is 3.24. The molecule has 1 N–H and O–H groups in total. The number of thiophene rings is 1.